The van der Waals surface area contributed by atoms with E-state index in [4.69, 9.17) is 5.11 Å². The normalized spacial score (nSPS) is 25.8. The van der Waals surface area contributed by atoms with E-state index in [1.807, 2.05) is 0 Å². The molecule has 2 N–H and O–H groups in total. The second kappa shape index (κ2) is 6.39. The molecule has 0 aromatic carbocycles. The van der Waals surface area contributed by atoms with Crippen LogP contribution in [0.3, 0.4) is 0 Å². The topological polar surface area (TPSA) is 32.3 Å². The second-order valence-electron chi connectivity index (χ2n) is 4.14. The van der Waals surface area contributed by atoms with Gasteiger partial charge in [0.15, 0.2) is 0 Å². The van der Waals surface area contributed by atoms with Crippen molar-refractivity contribution in [3.8, 4) is 0 Å². The van der Waals surface area contributed by atoms with Crippen LogP contribution in [0.1, 0.15) is 39.0 Å². The largest absolute Gasteiger partial charge is 0.396 e. The Labute approximate surface area is 81.7 Å². The van der Waals surface area contributed by atoms with Crippen molar-refractivity contribution in [3.63, 3.8) is 0 Å². The molecule has 78 valence electrons. The van der Waals surface area contributed by atoms with Crippen LogP contribution in [0.25, 0.3) is 0 Å². The lowest BCUT2D eigenvalue weighted by Gasteiger charge is -2.30. The van der Waals surface area contributed by atoms with Gasteiger partial charge < -0.3 is 10.4 Å². The molecule has 1 aliphatic heterocycles. The highest BCUT2D eigenvalue weighted by atomic mass is 16.2. The molecule has 2 atom stereocenters. The second-order valence-corrected chi connectivity index (χ2v) is 4.14. The summed E-state index contributed by atoms with van der Waals surface area (Å²) < 4.78 is 0. The van der Waals surface area contributed by atoms with Crippen LogP contribution in [0, 0.1) is 11.8 Å². The molecule has 1 aliphatic rings. The highest BCUT2D eigenvalue weighted by Gasteiger charge is 2.21. The molecule has 0 aromatic rings. The zero-order valence-corrected chi connectivity index (χ0v) is 8.76. The Bertz CT molecular complexity index is 121. The van der Waals surface area contributed by atoms with E-state index in [1.165, 1.54) is 38.8 Å². The average Bonchev–Trinajstić information content (AvgIpc) is 2.21. The Morgan fingerprint density at radius 1 is 1.54 bits per heavy atom. The van der Waals surface area contributed by atoms with Crippen LogP contribution in [0.15, 0.2) is 0 Å². The first-order chi connectivity index (χ1) is 6.38. The SMILES string of the molecule is CCC(CCCO)C1CCCNC1. The molecule has 0 saturated carbocycles. The maximum Gasteiger partial charge on any atom is 0.0431 e. The molecular formula is C11H23NO. The molecule has 2 unspecified atom stereocenters. The summed E-state index contributed by atoms with van der Waals surface area (Å²) in [7, 11) is 0. The lowest BCUT2D eigenvalue weighted by Crippen LogP contribution is -2.34. The fraction of sp³-hybridized carbons (Fsp3) is 1.00. The van der Waals surface area contributed by atoms with Gasteiger partial charge >= 0.3 is 0 Å². The van der Waals surface area contributed by atoms with E-state index in [-0.39, 0.29) is 0 Å². The van der Waals surface area contributed by atoms with Gasteiger partial charge in [-0.1, -0.05) is 13.3 Å². The fourth-order valence-corrected chi connectivity index (χ4v) is 2.41. The highest BCUT2D eigenvalue weighted by molar-refractivity contribution is 4.75. The molecule has 0 aromatic heterocycles. The van der Waals surface area contributed by atoms with Crippen molar-refractivity contribution >= 4 is 0 Å². The first-order valence-electron chi connectivity index (χ1n) is 5.70. The Morgan fingerprint density at radius 3 is 2.92 bits per heavy atom. The summed E-state index contributed by atoms with van der Waals surface area (Å²) in [4.78, 5) is 0. The minimum atomic E-state index is 0.358. The van der Waals surface area contributed by atoms with E-state index in [0.29, 0.717) is 6.61 Å². The summed E-state index contributed by atoms with van der Waals surface area (Å²) in [6.07, 6.45) is 6.18. The zero-order valence-electron chi connectivity index (χ0n) is 8.76. The molecule has 2 heteroatoms. The maximum absolute atomic E-state index is 8.79. The van der Waals surface area contributed by atoms with Gasteiger partial charge in [0.25, 0.3) is 0 Å². The van der Waals surface area contributed by atoms with Gasteiger partial charge in [0, 0.05) is 6.61 Å². The molecule has 1 rings (SSSR count). The number of nitrogens with one attached hydrogen (secondary N) is 1. The van der Waals surface area contributed by atoms with Crippen molar-refractivity contribution < 1.29 is 5.11 Å². The van der Waals surface area contributed by atoms with E-state index >= 15 is 0 Å². The lowest BCUT2D eigenvalue weighted by atomic mass is 9.82. The van der Waals surface area contributed by atoms with Crippen LogP contribution < -0.4 is 5.32 Å². The van der Waals surface area contributed by atoms with Crippen molar-refractivity contribution in [3.05, 3.63) is 0 Å². The Hall–Kier alpha value is -0.0800. The van der Waals surface area contributed by atoms with Gasteiger partial charge in [-0.15, -0.1) is 0 Å². The van der Waals surface area contributed by atoms with Crippen LogP contribution in [-0.2, 0) is 0 Å². The predicted octanol–water partition coefficient (Wildman–Crippen LogP) is 1.78. The summed E-state index contributed by atoms with van der Waals surface area (Å²) in [5, 5.41) is 12.3. The quantitative estimate of drug-likeness (QED) is 0.684. The van der Waals surface area contributed by atoms with Gasteiger partial charge in [-0.2, -0.15) is 0 Å². The molecule has 0 aliphatic carbocycles. The molecule has 0 bridgehead atoms. The number of rotatable bonds is 5. The summed E-state index contributed by atoms with van der Waals surface area (Å²) in [6.45, 7) is 5.03. The Balaban J connectivity index is 2.26. The van der Waals surface area contributed by atoms with Crippen LogP contribution >= 0.6 is 0 Å². The third kappa shape index (κ3) is 3.65. The van der Waals surface area contributed by atoms with Crippen molar-refractivity contribution in [1.29, 1.82) is 0 Å². The third-order valence-corrected chi connectivity index (χ3v) is 3.26. The molecule has 1 saturated heterocycles. The van der Waals surface area contributed by atoms with E-state index < -0.39 is 0 Å². The number of aliphatic hydroxyl groups excluding tert-OH is 1. The van der Waals surface area contributed by atoms with Gasteiger partial charge in [0.2, 0.25) is 0 Å². The average molecular weight is 185 g/mol. The van der Waals surface area contributed by atoms with E-state index in [2.05, 4.69) is 12.2 Å². The molecule has 1 heterocycles. The number of hydrogen-bond donors (Lipinski definition) is 2. The first kappa shape index (κ1) is 11.0. The predicted molar refractivity (Wildman–Crippen MR) is 55.7 cm³/mol. The standard InChI is InChI=1S/C11H23NO/c1-2-10(6-4-8-13)11-5-3-7-12-9-11/h10-13H,2-9H2,1H3. The summed E-state index contributed by atoms with van der Waals surface area (Å²) >= 11 is 0. The number of aliphatic hydroxyl groups is 1. The van der Waals surface area contributed by atoms with Gasteiger partial charge in [-0.05, 0) is 50.6 Å². The smallest absolute Gasteiger partial charge is 0.0431 e. The van der Waals surface area contributed by atoms with Gasteiger partial charge in [0.1, 0.15) is 0 Å². The summed E-state index contributed by atoms with van der Waals surface area (Å²) in [5.74, 6) is 1.70. The molecular weight excluding hydrogens is 162 g/mol. The van der Waals surface area contributed by atoms with E-state index in [1.54, 1.807) is 0 Å². The maximum atomic E-state index is 8.79. The molecule has 0 spiro atoms. The minimum Gasteiger partial charge on any atom is -0.396 e. The fourth-order valence-electron chi connectivity index (χ4n) is 2.41. The third-order valence-electron chi connectivity index (χ3n) is 3.26. The molecule has 0 radical (unpaired) electrons. The first-order valence-corrected chi connectivity index (χ1v) is 5.70. The summed E-state index contributed by atoms with van der Waals surface area (Å²) in [6, 6.07) is 0. The monoisotopic (exact) mass is 185 g/mol. The van der Waals surface area contributed by atoms with Crippen molar-refractivity contribution in [2.75, 3.05) is 19.7 Å². The van der Waals surface area contributed by atoms with Crippen LogP contribution in [-0.4, -0.2) is 24.8 Å². The van der Waals surface area contributed by atoms with Gasteiger partial charge in [-0.25, -0.2) is 0 Å². The van der Waals surface area contributed by atoms with Crippen LogP contribution in [0.5, 0.6) is 0 Å². The molecule has 13 heavy (non-hydrogen) atoms. The van der Waals surface area contributed by atoms with Crippen molar-refractivity contribution in [2.24, 2.45) is 11.8 Å². The Kier molecular flexibility index (Phi) is 5.40. The van der Waals surface area contributed by atoms with E-state index in [0.717, 1.165) is 18.3 Å². The van der Waals surface area contributed by atoms with Crippen molar-refractivity contribution in [1.82, 2.24) is 5.32 Å². The van der Waals surface area contributed by atoms with Gasteiger partial charge in [0.05, 0.1) is 0 Å². The molecule has 1 fully saturated rings. The summed E-state index contributed by atoms with van der Waals surface area (Å²) in [5.41, 5.74) is 0. The zero-order chi connectivity index (χ0) is 9.52. The molecule has 0 amide bonds. The van der Waals surface area contributed by atoms with Crippen LogP contribution in [0.4, 0.5) is 0 Å². The van der Waals surface area contributed by atoms with E-state index in [9.17, 15) is 0 Å². The highest BCUT2D eigenvalue weighted by Crippen LogP contribution is 2.26. The van der Waals surface area contributed by atoms with Gasteiger partial charge in [-0.3, -0.25) is 0 Å². The van der Waals surface area contributed by atoms with Crippen LogP contribution in [0.2, 0.25) is 0 Å². The lowest BCUT2D eigenvalue weighted by molar-refractivity contribution is 0.214. The number of piperidine rings is 1. The minimum absolute atomic E-state index is 0.358. The van der Waals surface area contributed by atoms with Crippen molar-refractivity contribution in [2.45, 2.75) is 39.0 Å². The number of hydrogen-bond acceptors (Lipinski definition) is 2. The Morgan fingerprint density at radius 2 is 2.38 bits per heavy atom. The molecule has 2 nitrogen and oxygen atoms in total.